The smallest absolute Gasteiger partial charge is 0.268 e. The number of phenolic OH excluding ortho intramolecular Hbond substituents is 1. The average Bonchev–Trinajstić information content (AvgIpc) is 3.05. The largest absolute Gasteiger partial charge is 0.508 e. The highest BCUT2D eigenvalue weighted by molar-refractivity contribution is 6.06. The maximum atomic E-state index is 12.2. The summed E-state index contributed by atoms with van der Waals surface area (Å²) in [6.45, 7) is 0. The summed E-state index contributed by atoms with van der Waals surface area (Å²) in [5.41, 5.74) is 2.06. The number of ether oxygens (including phenoxy) is 1. The first-order valence-corrected chi connectivity index (χ1v) is 7.13. The van der Waals surface area contributed by atoms with Crippen LogP contribution in [-0.4, -0.2) is 29.9 Å². The standard InChI is InChI=1S/C17H16N2O4/c1-22-14-7-2-4-11(8-14)15-10-16(23-19-15)17(21)18-12-5-3-6-13(20)9-12/h2-9,16,20H,10H2,1H3,(H,18,21)/t16-/m1/s1. The third-order valence-corrected chi connectivity index (χ3v) is 3.48. The number of hydrogen-bond acceptors (Lipinski definition) is 5. The molecule has 2 aromatic carbocycles. The molecule has 6 nitrogen and oxygen atoms in total. The van der Waals surface area contributed by atoms with Crippen LogP contribution in [0.1, 0.15) is 12.0 Å². The summed E-state index contributed by atoms with van der Waals surface area (Å²) in [4.78, 5) is 17.4. The van der Waals surface area contributed by atoms with Gasteiger partial charge in [0.15, 0.2) is 0 Å². The lowest BCUT2D eigenvalue weighted by Crippen LogP contribution is -2.28. The van der Waals surface area contributed by atoms with Crippen LogP contribution in [0.25, 0.3) is 0 Å². The van der Waals surface area contributed by atoms with Gasteiger partial charge in [-0.05, 0) is 24.3 Å². The van der Waals surface area contributed by atoms with Crippen molar-refractivity contribution in [3.8, 4) is 11.5 Å². The number of anilines is 1. The quantitative estimate of drug-likeness (QED) is 0.909. The molecule has 2 aromatic rings. The molecule has 0 saturated carbocycles. The molecule has 0 bridgehead atoms. The van der Waals surface area contributed by atoms with E-state index in [-0.39, 0.29) is 11.7 Å². The van der Waals surface area contributed by atoms with Crippen molar-refractivity contribution >= 4 is 17.3 Å². The highest BCUT2D eigenvalue weighted by atomic mass is 16.6. The SMILES string of the molecule is COc1cccc(C2=NO[C@@H](C(=O)Nc3cccc(O)c3)C2)c1. The molecule has 0 aliphatic carbocycles. The maximum Gasteiger partial charge on any atom is 0.268 e. The molecule has 0 fully saturated rings. The van der Waals surface area contributed by atoms with E-state index in [0.29, 0.717) is 17.8 Å². The second-order valence-electron chi connectivity index (χ2n) is 5.11. The van der Waals surface area contributed by atoms with Gasteiger partial charge in [0.1, 0.15) is 11.5 Å². The summed E-state index contributed by atoms with van der Waals surface area (Å²) in [5, 5.41) is 16.1. The molecular formula is C17H16N2O4. The van der Waals surface area contributed by atoms with Gasteiger partial charge in [0.05, 0.1) is 12.8 Å². The number of phenols is 1. The van der Waals surface area contributed by atoms with Gasteiger partial charge in [-0.3, -0.25) is 4.79 Å². The summed E-state index contributed by atoms with van der Waals surface area (Å²) >= 11 is 0. The second-order valence-corrected chi connectivity index (χ2v) is 5.11. The number of nitrogens with one attached hydrogen (secondary N) is 1. The normalized spacial score (nSPS) is 16.4. The zero-order valence-corrected chi connectivity index (χ0v) is 12.5. The van der Waals surface area contributed by atoms with Gasteiger partial charge in [-0.15, -0.1) is 0 Å². The number of rotatable bonds is 4. The van der Waals surface area contributed by atoms with E-state index in [1.165, 1.54) is 12.1 Å². The van der Waals surface area contributed by atoms with Crippen LogP contribution in [0, 0.1) is 0 Å². The van der Waals surface area contributed by atoms with E-state index < -0.39 is 6.10 Å². The topological polar surface area (TPSA) is 80.2 Å². The Morgan fingerprint density at radius 2 is 2.13 bits per heavy atom. The van der Waals surface area contributed by atoms with Crippen LogP contribution in [0.4, 0.5) is 5.69 Å². The molecule has 1 aliphatic heterocycles. The van der Waals surface area contributed by atoms with Gasteiger partial charge in [-0.2, -0.15) is 0 Å². The summed E-state index contributed by atoms with van der Waals surface area (Å²) < 4.78 is 5.18. The third kappa shape index (κ3) is 3.42. The lowest BCUT2D eigenvalue weighted by atomic mass is 10.0. The fourth-order valence-corrected chi connectivity index (χ4v) is 2.30. The van der Waals surface area contributed by atoms with Gasteiger partial charge in [-0.25, -0.2) is 0 Å². The Balaban J connectivity index is 1.65. The number of hydrogen-bond donors (Lipinski definition) is 2. The average molecular weight is 312 g/mol. The fraction of sp³-hybridized carbons (Fsp3) is 0.176. The van der Waals surface area contributed by atoms with Gasteiger partial charge >= 0.3 is 0 Å². The van der Waals surface area contributed by atoms with Gasteiger partial charge < -0.3 is 20.0 Å². The Labute approximate surface area is 133 Å². The highest BCUT2D eigenvalue weighted by Crippen LogP contribution is 2.22. The van der Waals surface area contributed by atoms with Gasteiger partial charge in [0.2, 0.25) is 6.10 Å². The molecule has 1 amide bonds. The summed E-state index contributed by atoms with van der Waals surface area (Å²) in [6, 6.07) is 13.8. The molecule has 0 saturated heterocycles. The van der Waals surface area contributed by atoms with Crippen molar-refractivity contribution < 1.29 is 19.5 Å². The van der Waals surface area contributed by atoms with Crippen molar-refractivity contribution in [3.63, 3.8) is 0 Å². The summed E-state index contributed by atoms with van der Waals surface area (Å²) in [5.74, 6) is 0.499. The Bertz CT molecular complexity index is 758. The van der Waals surface area contributed by atoms with E-state index in [1.54, 1.807) is 19.2 Å². The van der Waals surface area contributed by atoms with Crippen LogP contribution in [0.3, 0.4) is 0 Å². The minimum Gasteiger partial charge on any atom is -0.508 e. The minimum atomic E-state index is -0.696. The molecule has 1 atom stereocenters. The van der Waals surface area contributed by atoms with E-state index in [4.69, 9.17) is 9.57 Å². The lowest BCUT2D eigenvalue weighted by molar-refractivity contribution is -0.125. The zero-order chi connectivity index (χ0) is 16.2. The van der Waals surface area contributed by atoms with Crippen LogP contribution in [0.2, 0.25) is 0 Å². The van der Waals surface area contributed by atoms with E-state index >= 15 is 0 Å². The van der Waals surface area contributed by atoms with Crippen molar-refractivity contribution in [1.82, 2.24) is 0 Å². The number of carbonyl (C=O) groups is 1. The highest BCUT2D eigenvalue weighted by Gasteiger charge is 2.29. The van der Waals surface area contributed by atoms with E-state index in [0.717, 1.165) is 11.3 Å². The summed E-state index contributed by atoms with van der Waals surface area (Å²) in [6.07, 6.45) is -0.323. The molecule has 6 heteroatoms. The van der Waals surface area contributed by atoms with Crippen LogP contribution >= 0.6 is 0 Å². The Morgan fingerprint density at radius 1 is 1.30 bits per heavy atom. The Kier molecular flexibility index (Phi) is 4.14. The molecule has 3 rings (SSSR count). The molecule has 118 valence electrons. The van der Waals surface area contributed by atoms with E-state index in [9.17, 15) is 9.90 Å². The van der Waals surface area contributed by atoms with Gasteiger partial charge in [0, 0.05) is 23.7 Å². The number of benzene rings is 2. The minimum absolute atomic E-state index is 0.0865. The van der Waals surface area contributed by atoms with Crippen molar-refractivity contribution in [2.45, 2.75) is 12.5 Å². The van der Waals surface area contributed by atoms with Gasteiger partial charge in [0.25, 0.3) is 5.91 Å². The van der Waals surface area contributed by atoms with Crippen molar-refractivity contribution in [2.75, 3.05) is 12.4 Å². The Hall–Kier alpha value is -3.02. The number of nitrogens with zero attached hydrogens (tertiary/aromatic N) is 1. The van der Waals surface area contributed by atoms with E-state index in [2.05, 4.69) is 10.5 Å². The Morgan fingerprint density at radius 3 is 2.91 bits per heavy atom. The molecule has 2 N–H and O–H groups in total. The molecule has 0 spiro atoms. The number of oxime groups is 1. The summed E-state index contributed by atoms with van der Waals surface area (Å²) in [7, 11) is 1.59. The number of amides is 1. The molecule has 0 unspecified atom stereocenters. The number of methoxy groups -OCH3 is 1. The van der Waals surface area contributed by atoms with Crippen molar-refractivity contribution in [3.05, 3.63) is 54.1 Å². The first-order valence-electron chi connectivity index (χ1n) is 7.13. The molecule has 0 radical (unpaired) electrons. The van der Waals surface area contributed by atoms with Crippen LogP contribution in [-0.2, 0) is 9.63 Å². The third-order valence-electron chi connectivity index (χ3n) is 3.48. The van der Waals surface area contributed by atoms with Crippen LogP contribution < -0.4 is 10.1 Å². The first kappa shape index (κ1) is 14.9. The monoisotopic (exact) mass is 312 g/mol. The predicted molar refractivity (Wildman–Crippen MR) is 85.8 cm³/mol. The maximum absolute atomic E-state index is 12.2. The van der Waals surface area contributed by atoms with Crippen molar-refractivity contribution in [2.24, 2.45) is 5.16 Å². The number of aromatic hydroxyl groups is 1. The zero-order valence-electron chi connectivity index (χ0n) is 12.5. The molecule has 1 heterocycles. The molecule has 1 aliphatic rings. The van der Waals surface area contributed by atoms with E-state index in [1.807, 2.05) is 24.3 Å². The van der Waals surface area contributed by atoms with Crippen LogP contribution in [0.15, 0.2) is 53.7 Å². The molecular weight excluding hydrogens is 296 g/mol. The second kappa shape index (κ2) is 6.39. The van der Waals surface area contributed by atoms with Crippen LogP contribution in [0.5, 0.6) is 11.5 Å². The lowest BCUT2D eigenvalue weighted by Gasteiger charge is -2.09. The molecule has 0 aromatic heterocycles. The predicted octanol–water partition coefficient (Wildman–Crippen LogP) is 2.53. The first-order chi connectivity index (χ1) is 11.2. The molecule has 23 heavy (non-hydrogen) atoms. The van der Waals surface area contributed by atoms with Crippen molar-refractivity contribution in [1.29, 1.82) is 0 Å². The van der Waals surface area contributed by atoms with Gasteiger partial charge in [-0.1, -0.05) is 23.4 Å². The number of carbonyl (C=O) groups excluding carboxylic acids is 1. The fourth-order valence-electron chi connectivity index (χ4n) is 2.30.